The van der Waals surface area contributed by atoms with Gasteiger partial charge in [-0.25, -0.2) is 10.1 Å². The van der Waals surface area contributed by atoms with E-state index in [0.29, 0.717) is 5.75 Å². The summed E-state index contributed by atoms with van der Waals surface area (Å²) in [6, 6.07) is 14.4. The molecule has 0 radical (unpaired) electrons. The average molecular weight is 422 g/mol. The molecule has 142 valence electrons. The van der Waals surface area contributed by atoms with Crippen molar-refractivity contribution in [3.05, 3.63) is 42.5 Å². The maximum Gasteiger partial charge on any atom is 0.415 e. The normalized spacial score (nSPS) is 11.7. The molecule has 0 amide bonds. The number of thioether (sulfide) groups is 2. The highest BCUT2D eigenvalue weighted by molar-refractivity contribution is 8.03. The highest BCUT2D eigenvalue weighted by atomic mass is 32.2. The molecule has 0 aliphatic heterocycles. The number of halogens is 2. The Morgan fingerprint density at radius 1 is 1.08 bits per heavy atom. The van der Waals surface area contributed by atoms with E-state index in [1.54, 1.807) is 11.8 Å². The van der Waals surface area contributed by atoms with Crippen LogP contribution in [0.25, 0.3) is 10.8 Å². The topological polar surface area (TPSA) is 65.0 Å². The lowest BCUT2D eigenvalue weighted by Gasteiger charge is -2.11. The molecule has 1 N–H and O–H groups in total. The van der Waals surface area contributed by atoms with Gasteiger partial charge in [-0.2, -0.15) is 20.5 Å². The van der Waals surface area contributed by atoms with Crippen molar-refractivity contribution in [2.75, 3.05) is 23.9 Å². The quantitative estimate of drug-likeness (QED) is 0.137. The van der Waals surface area contributed by atoms with Crippen molar-refractivity contribution in [1.29, 1.82) is 0 Å². The smallest absolute Gasteiger partial charge is 0.415 e. The SMILES string of the molecule is O=C(OCCSCCSc1ccc2ccccc2c1)C(F)(F)SOOO. The van der Waals surface area contributed by atoms with Gasteiger partial charge in [0.05, 0.1) is 0 Å². The molecule has 10 heteroatoms. The van der Waals surface area contributed by atoms with Gasteiger partial charge in [0.2, 0.25) is 0 Å². The van der Waals surface area contributed by atoms with Crippen molar-refractivity contribution in [2.24, 2.45) is 0 Å². The van der Waals surface area contributed by atoms with Crippen LogP contribution in [0.2, 0.25) is 0 Å². The van der Waals surface area contributed by atoms with Gasteiger partial charge in [0, 0.05) is 22.2 Å². The molecule has 26 heavy (non-hydrogen) atoms. The second-order valence-electron chi connectivity index (χ2n) is 4.85. The van der Waals surface area contributed by atoms with Crippen molar-refractivity contribution < 1.29 is 32.9 Å². The number of ether oxygens (including phenoxy) is 1. The van der Waals surface area contributed by atoms with Crippen LogP contribution in [0, 0.1) is 0 Å². The third-order valence-electron chi connectivity index (χ3n) is 3.08. The predicted molar refractivity (Wildman–Crippen MR) is 100 cm³/mol. The van der Waals surface area contributed by atoms with Crippen molar-refractivity contribution in [2.45, 2.75) is 10.2 Å². The lowest BCUT2D eigenvalue weighted by atomic mass is 10.1. The standard InChI is InChI=1S/C16H16F2O5S3/c17-16(18,26-23-22-20)15(19)21-7-8-24-9-10-25-14-6-5-12-3-1-2-4-13(12)11-14/h1-6,11,20H,7-10H2. The van der Waals surface area contributed by atoms with E-state index in [4.69, 9.17) is 5.26 Å². The van der Waals surface area contributed by atoms with Crippen LogP contribution in [0.4, 0.5) is 8.78 Å². The minimum absolute atomic E-state index is 0.139. The molecule has 0 aliphatic carbocycles. The van der Waals surface area contributed by atoms with Gasteiger partial charge in [-0.05, 0) is 22.9 Å². The third-order valence-corrected chi connectivity index (χ3v) is 5.79. The summed E-state index contributed by atoms with van der Waals surface area (Å²) in [5.74, 6) is 0.305. The summed E-state index contributed by atoms with van der Waals surface area (Å²) in [5, 5.41) is 9.27. The van der Waals surface area contributed by atoms with E-state index in [0.717, 1.165) is 11.5 Å². The highest BCUT2D eigenvalue weighted by Gasteiger charge is 2.44. The number of fused-ring (bicyclic) bond motifs is 1. The Bertz CT molecular complexity index is 717. The summed E-state index contributed by atoms with van der Waals surface area (Å²) in [6.07, 6.45) is 0. The van der Waals surface area contributed by atoms with E-state index >= 15 is 0 Å². The Balaban J connectivity index is 1.59. The molecule has 2 rings (SSSR count). The van der Waals surface area contributed by atoms with Gasteiger partial charge in [0.15, 0.2) is 0 Å². The molecule has 0 heterocycles. The van der Waals surface area contributed by atoms with Gasteiger partial charge >= 0.3 is 11.2 Å². The van der Waals surface area contributed by atoms with Crippen molar-refractivity contribution in [3.63, 3.8) is 0 Å². The Kier molecular flexibility index (Phi) is 8.96. The van der Waals surface area contributed by atoms with Crippen molar-refractivity contribution in [3.8, 4) is 0 Å². The number of alkyl halides is 2. The molecular formula is C16H16F2O5S3. The van der Waals surface area contributed by atoms with Gasteiger partial charge in [0.1, 0.15) is 18.6 Å². The Hall–Kier alpha value is -1.04. The van der Waals surface area contributed by atoms with Gasteiger partial charge in [-0.1, -0.05) is 35.4 Å². The molecule has 2 aromatic carbocycles. The van der Waals surface area contributed by atoms with E-state index in [2.05, 4.69) is 44.4 Å². The first kappa shape index (κ1) is 21.3. The predicted octanol–water partition coefficient (Wildman–Crippen LogP) is 4.87. The van der Waals surface area contributed by atoms with Gasteiger partial charge < -0.3 is 4.74 Å². The maximum atomic E-state index is 13.1. The zero-order chi connectivity index (χ0) is 18.8. The molecule has 0 saturated carbocycles. The van der Waals surface area contributed by atoms with E-state index in [-0.39, 0.29) is 6.61 Å². The molecule has 0 atom stereocenters. The summed E-state index contributed by atoms with van der Waals surface area (Å²) in [5.41, 5.74) is 0. The molecule has 0 aromatic heterocycles. The van der Waals surface area contributed by atoms with E-state index in [1.807, 2.05) is 12.1 Å². The Morgan fingerprint density at radius 2 is 1.85 bits per heavy atom. The number of carbonyl (C=O) groups is 1. The van der Waals surface area contributed by atoms with E-state index < -0.39 is 23.3 Å². The van der Waals surface area contributed by atoms with Crippen molar-refractivity contribution in [1.82, 2.24) is 0 Å². The second kappa shape index (κ2) is 11.0. The lowest BCUT2D eigenvalue weighted by molar-refractivity contribution is -0.433. The van der Waals surface area contributed by atoms with Gasteiger partial charge in [-0.3, -0.25) is 0 Å². The minimum Gasteiger partial charge on any atom is -0.460 e. The van der Waals surface area contributed by atoms with E-state index in [1.165, 1.54) is 27.4 Å². The Morgan fingerprint density at radius 3 is 2.62 bits per heavy atom. The van der Waals surface area contributed by atoms with Crippen LogP contribution in [0.1, 0.15) is 0 Å². The molecule has 0 aliphatic rings. The van der Waals surface area contributed by atoms with Crippen LogP contribution in [0.3, 0.4) is 0 Å². The summed E-state index contributed by atoms with van der Waals surface area (Å²) in [6.45, 7) is -0.139. The fourth-order valence-corrected chi connectivity index (χ4v) is 4.01. The fraction of sp³-hybridized carbons (Fsp3) is 0.312. The molecule has 5 nitrogen and oxygen atoms in total. The van der Waals surface area contributed by atoms with Crippen LogP contribution >= 0.6 is 35.6 Å². The number of benzene rings is 2. The van der Waals surface area contributed by atoms with Crippen LogP contribution in [0.5, 0.6) is 0 Å². The molecular weight excluding hydrogens is 406 g/mol. The summed E-state index contributed by atoms with van der Waals surface area (Å²) in [7, 11) is 0. The number of carbonyl (C=O) groups excluding carboxylic acids is 1. The van der Waals surface area contributed by atoms with Crippen LogP contribution in [-0.4, -0.2) is 40.3 Å². The zero-order valence-electron chi connectivity index (χ0n) is 13.4. The van der Waals surface area contributed by atoms with Gasteiger partial charge in [0.25, 0.3) is 0 Å². The van der Waals surface area contributed by atoms with Crippen LogP contribution < -0.4 is 0 Å². The minimum atomic E-state index is -3.95. The molecule has 0 fully saturated rings. The first-order valence-electron chi connectivity index (χ1n) is 7.43. The number of esters is 1. The third kappa shape index (κ3) is 6.93. The molecule has 0 unspecified atom stereocenters. The zero-order valence-corrected chi connectivity index (χ0v) is 15.9. The first-order valence-corrected chi connectivity index (χ1v) is 10.3. The summed E-state index contributed by atoms with van der Waals surface area (Å²) in [4.78, 5) is 12.3. The summed E-state index contributed by atoms with van der Waals surface area (Å²) >= 11 is 2.57. The van der Waals surface area contributed by atoms with Crippen LogP contribution in [-0.2, 0) is 18.9 Å². The molecule has 2 aromatic rings. The first-order chi connectivity index (χ1) is 12.5. The average Bonchev–Trinajstić information content (AvgIpc) is 2.65. The number of rotatable bonds is 11. The fourth-order valence-electron chi connectivity index (χ4n) is 1.95. The van der Waals surface area contributed by atoms with Gasteiger partial charge in [-0.15, -0.1) is 16.1 Å². The molecule has 0 saturated heterocycles. The molecule has 0 bridgehead atoms. The van der Waals surface area contributed by atoms with E-state index in [9.17, 15) is 13.6 Å². The lowest BCUT2D eigenvalue weighted by Crippen LogP contribution is -2.28. The largest absolute Gasteiger partial charge is 0.460 e. The second-order valence-corrected chi connectivity index (χ2v) is 8.06. The Labute approximate surface area is 161 Å². The molecule has 0 spiro atoms. The maximum absolute atomic E-state index is 13.1. The van der Waals surface area contributed by atoms with Crippen LogP contribution in [0.15, 0.2) is 47.4 Å². The number of hydrogen-bond acceptors (Lipinski definition) is 8. The number of hydrogen-bond donors (Lipinski definition) is 1. The monoisotopic (exact) mass is 422 g/mol. The highest BCUT2D eigenvalue weighted by Crippen LogP contribution is 2.31. The van der Waals surface area contributed by atoms with Crippen molar-refractivity contribution >= 4 is 52.3 Å². The summed E-state index contributed by atoms with van der Waals surface area (Å²) < 4.78 is 34.2.